The van der Waals surface area contributed by atoms with E-state index in [-0.39, 0.29) is 11.9 Å². The summed E-state index contributed by atoms with van der Waals surface area (Å²) < 4.78 is 14.0. The van der Waals surface area contributed by atoms with Crippen LogP contribution in [-0.2, 0) is 0 Å². The SMILES string of the molecule is CCCNC(c1ccccc1F)c1cccnc1N. The van der Waals surface area contributed by atoms with Gasteiger partial charge in [0.1, 0.15) is 11.6 Å². The molecule has 3 N–H and O–H groups in total. The van der Waals surface area contributed by atoms with E-state index in [0.717, 1.165) is 18.5 Å². The molecule has 4 heteroatoms. The van der Waals surface area contributed by atoms with Crippen LogP contribution in [0.1, 0.15) is 30.5 Å². The van der Waals surface area contributed by atoms with Crippen molar-refractivity contribution in [3.8, 4) is 0 Å². The molecular weight excluding hydrogens is 241 g/mol. The second kappa shape index (κ2) is 6.29. The molecule has 100 valence electrons. The minimum Gasteiger partial charge on any atom is -0.383 e. The molecule has 1 unspecified atom stereocenters. The molecule has 0 saturated heterocycles. The number of anilines is 1. The Labute approximate surface area is 112 Å². The van der Waals surface area contributed by atoms with E-state index >= 15 is 0 Å². The molecule has 0 aliphatic rings. The molecule has 1 atom stereocenters. The van der Waals surface area contributed by atoms with Gasteiger partial charge in [0.25, 0.3) is 0 Å². The number of hydrogen-bond acceptors (Lipinski definition) is 3. The predicted molar refractivity (Wildman–Crippen MR) is 75.2 cm³/mol. The van der Waals surface area contributed by atoms with Crippen molar-refractivity contribution in [2.24, 2.45) is 0 Å². The standard InChI is InChI=1S/C15H18FN3/c1-2-9-18-14(11-6-3-4-8-13(11)16)12-7-5-10-19-15(12)17/h3-8,10,14,18H,2,9H2,1H3,(H2,17,19). The molecule has 19 heavy (non-hydrogen) atoms. The van der Waals surface area contributed by atoms with Crippen LogP contribution in [0, 0.1) is 5.82 Å². The molecule has 0 aliphatic heterocycles. The molecule has 0 amide bonds. The Morgan fingerprint density at radius 3 is 2.63 bits per heavy atom. The number of hydrogen-bond donors (Lipinski definition) is 2. The minimum atomic E-state index is -0.269. The minimum absolute atomic E-state index is 0.237. The van der Waals surface area contributed by atoms with Crippen molar-refractivity contribution in [1.82, 2.24) is 10.3 Å². The highest BCUT2D eigenvalue weighted by atomic mass is 19.1. The molecule has 0 radical (unpaired) electrons. The molecular formula is C15H18FN3. The van der Waals surface area contributed by atoms with Crippen molar-refractivity contribution in [3.05, 3.63) is 59.5 Å². The molecule has 0 bridgehead atoms. The number of nitrogens with one attached hydrogen (secondary N) is 1. The summed E-state index contributed by atoms with van der Waals surface area (Å²) in [6, 6.07) is 10.2. The molecule has 2 aromatic rings. The van der Waals surface area contributed by atoms with Crippen LogP contribution in [-0.4, -0.2) is 11.5 Å². The van der Waals surface area contributed by atoms with Gasteiger partial charge in [-0.15, -0.1) is 0 Å². The second-order valence-corrected chi connectivity index (χ2v) is 4.39. The van der Waals surface area contributed by atoms with Crippen LogP contribution in [0.25, 0.3) is 0 Å². The van der Waals surface area contributed by atoms with Crippen LogP contribution in [0.15, 0.2) is 42.6 Å². The van der Waals surface area contributed by atoms with E-state index in [1.165, 1.54) is 6.07 Å². The zero-order chi connectivity index (χ0) is 13.7. The third-order valence-electron chi connectivity index (χ3n) is 3.00. The lowest BCUT2D eigenvalue weighted by atomic mass is 9.98. The number of halogens is 1. The fourth-order valence-electron chi connectivity index (χ4n) is 2.06. The van der Waals surface area contributed by atoms with Gasteiger partial charge in [-0.05, 0) is 25.1 Å². The van der Waals surface area contributed by atoms with Crippen LogP contribution >= 0.6 is 0 Å². The van der Waals surface area contributed by atoms with Crippen molar-refractivity contribution in [1.29, 1.82) is 0 Å². The number of nitrogen functional groups attached to an aromatic ring is 1. The van der Waals surface area contributed by atoms with Gasteiger partial charge in [0.05, 0.1) is 6.04 Å². The first-order valence-corrected chi connectivity index (χ1v) is 6.42. The highest BCUT2D eigenvalue weighted by Gasteiger charge is 2.19. The summed E-state index contributed by atoms with van der Waals surface area (Å²) in [4.78, 5) is 4.08. The zero-order valence-electron chi connectivity index (χ0n) is 10.9. The fraction of sp³-hybridized carbons (Fsp3) is 0.267. The Morgan fingerprint density at radius 1 is 1.21 bits per heavy atom. The van der Waals surface area contributed by atoms with Gasteiger partial charge in [0, 0.05) is 17.3 Å². The average Bonchev–Trinajstić information content (AvgIpc) is 2.42. The van der Waals surface area contributed by atoms with E-state index in [9.17, 15) is 4.39 Å². The van der Waals surface area contributed by atoms with Crippen LogP contribution in [0.4, 0.5) is 10.2 Å². The zero-order valence-corrected chi connectivity index (χ0v) is 10.9. The van der Waals surface area contributed by atoms with Gasteiger partial charge < -0.3 is 11.1 Å². The monoisotopic (exact) mass is 259 g/mol. The second-order valence-electron chi connectivity index (χ2n) is 4.39. The third-order valence-corrected chi connectivity index (χ3v) is 3.00. The van der Waals surface area contributed by atoms with Crippen LogP contribution in [0.3, 0.4) is 0 Å². The first-order chi connectivity index (χ1) is 9.24. The highest BCUT2D eigenvalue weighted by molar-refractivity contribution is 5.45. The Morgan fingerprint density at radius 2 is 1.95 bits per heavy atom. The summed E-state index contributed by atoms with van der Waals surface area (Å²) in [5.41, 5.74) is 7.31. The van der Waals surface area contributed by atoms with E-state index < -0.39 is 0 Å². The Bertz CT molecular complexity index is 497. The number of pyridine rings is 1. The number of nitrogens with two attached hydrogens (primary N) is 1. The van der Waals surface area contributed by atoms with Crippen molar-refractivity contribution < 1.29 is 4.39 Å². The Hall–Kier alpha value is -1.94. The third kappa shape index (κ3) is 3.09. The Kier molecular flexibility index (Phi) is 4.47. The summed E-state index contributed by atoms with van der Waals surface area (Å²) in [5.74, 6) is 0.193. The lowest BCUT2D eigenvalue weighted by molar-refractivity contribution is 0.547. The first-order valence-electron chi connectivity index (χ1n) is 6.42. The summed E-state index contributed by atoms with van der Waals surface area (Å²) in [6.07, 6.45) is 2.60. The smallest absolute Gasteiger partial charge is 0.128 e. The quantitative estimate of drug-likeness (QED) is 0.868. The predicted octanol–water partition coefficient (Wildman–Crippen LogP) is 2.89. The molecule has 1 aromatic carbocycles. The maximum atomic E-state index is 14.0. The molecule has 1 heterocycles. The number of aromatic nitrogens is 1. The van der Waals surface area contributed by atoms with E-state index in [1.807, 2.05) is 18.2 Å². The fourth-order valence-corrected chi connectivity index (χ4v) is 2.06. The topological polar surface area (TPSA) is 50.9 Å². The summed E-state index contributed by atoms with van der Waals surface area (Å²) in [7, 11) is 0. The lowest BCUT2D eigenvalue weighted by Gasteiger charge is -2.21. The van der Waals surface area contributed by atoms with Gasteiger partial charge >= 0.3 is 0 Å². The molecule has 0 spiro atoms. The van der Waals surface area contributed by atoms with Gasteiger partial charge in [-0.1, -0.05) is 31.2 Å². The molecule has 0 saturated carbocycles. The molecule has 2 rings (SSSR count). The van der Waals surface area contributed by atoms with E-state index in [2.05, 4.69) is 17.2 Å². The number of benzene rings is 1. The number of nitrogens with zero attached hydrogens (tertiary/aromatic N) is 1. The average molecular weight is 259 g/mol. The van der Waals surface area contributed by atoms with E-state index in [4.69, 9.17) is 5.73 Å². The molecule has 0 aliphatic carbocycles. The largest absolute Gasteiger partial charge is 0.383 e. The summed E-state index contributed by atoms with van der Waals surface area (Å²) in [5, 5.41) is 3.32. The molecule has 1 aromatic heterocycles. The first kappa shape index (κ1) is 13.5. The normalized spacial score (nSPS) is 12.3. The lowest BCUT2D eigenvalue weighted by Crippen LogP contribution is -2.25. The number of rotatable bonds is 5. The van der Waals surface area contributed by atoms with E-state index in [0.29, 0.717) is 11.4 Å². The van der Waals surface area contributed by atoms with E-state index in [1.54, 1.807) is 18.3 Å². The highest BCUT2D eigenvalue weighted by Crippen LogP contribution is 2.27. The van der Waals surface area contributed by atoms with Crippen LogP contribution in [0.5, 0.6) is 0 Å². The maximum absolute atomic E-state index is 14.0. The Balaban J connectivity index is 2.42. The van der Waals surface area contributed by atoms with Crippen molar-refractivity contribution >= 4 is 5.82 Å². The van der Waals surface area contributed by atoms with Gasteiger partial charge in [0.2, 0.25) is 0 Å². The van der Waals surface area contributed by atoms with Gasteiger partial charge in [0.15, 0.2) is 0 Å². The molecule has 0 fully saturated rings. The van der Waals surface area contributed by atoms with Crippen LogP contribution < -0.4 is 11.1 Å². The van der Waals surface area contributed by atoms with Crippen LogP contribution in [0.2, 0.25) is 0 Å². The summed E-state index contributed by atoms with van der Waals surface area (Å²) >= 11 is 0. The molecule has 3 nitrogen and oxygen atoms in total. The van der Waals surface area contributed by atoms with Gasteiger partial charge in [-0.25, -0.2) is 9.37 Å². The van der Waals surface area contributed by atoms with Crippen molar-refractivity contribution in [2.75, 3.05) is 12.3 Å². The van der Waals surface area contributed by atoms with Crippen molar-refractivity contribution in [2.45, 2.75) is 19.4 Å². The maximum Gasteiger partial charge on any atom is 0.128 e. The summed E-state index contributed by atoms with van der Waals surface area (Å²) in [6.45, 7) is 2.85. The van der Waals surface area contributed by atoms with Crippen molar-refractivity contribution in [3.63, 3.8) is 0 Å². The van der Waals surface area contributed by atoms with Gasteiger partial charge in [-0.2, -0.15) is 0 Å². The van der Waals surface area contributed by atoms with Gasteiger partial charge in [-0.3, -0.25) is 0 Å².